The van der Waals surface area contributed by atoms with Crippen molar-refractivity contribution < 1.29 is 13.2 Å². The van der Waals surface area contributed by atoms with Crippen molar-refractivity contribution >= 4 is 43.9 Å². The molecule has 0 N–H and O–H groups in total. The van der Waals surface area contributed by atoms with Crippen LogP contribution in [0.3, 0.4) is 0 Å². The van der Waals surface area contributed by atoms with E-state index < -0.39 is 10.0 Å². The SMILES string of the molecule is CCn1c(CSc2nc3ccccc3nc2C)nc2cc(S(=O)(=O)N3CCOCC3)ccc21. The number of aryl methyl sites for hydroxylation is 2. The summed E-state index contributed by atoms with van der Waals surface area (Å²) in [5, 5.41) is 0.874. The van der Waals surface area contributed by atoms with Gasteiger partial charge in [0.25, 0.3) is 0 Å². The summed E-state index contributed by atoms with van der Waals surface area (Å²) in [6, 6.07) is 13.1. The molecule has 0 aliphatic carbocycles. The Morgan fingerprint density at radius 2 is 1.73 bits per heavy atom. The van der Waals surface area contributed by atoms with E-state index in [1.165, 1.54) is 4.31 Å². The highest BCUT2D eigenvalue weighted by molar-refractivity contribution is 7.98. The van der Waals surface area contributed by atoms with Crippen LogP contribution in [0.25, 0.3) is 22.1 Å². The van der Waals surface area contributed by atoms with E-state index in [-0.39, 0.29) is 4.90 Å². The summed E-state index contributed by atoms with van der Waals surface area (Å²) in [5.74, 6) is 1.50. The lowest BCUT2D eigenvalue weighted by Crippen LogP contribution is -2.40. The van der Waals surface area contributed by atoms with Crippen LogP contribution in [0.1, 0.15) is 18.4 Å². The van der Waals surface area contributed by atoms with Gasteiger partial charge in [-0.15, -0.1) is 0 Å². The lowest BCUT2D eigenvalue weighted by molar-refractivity contribution is 0.0730. The summed E-state index contributed by atoms with van der Waals surface area (Å²) in [6.45, 7) is 6.36. The van der Waals surface area contributed by atoms with Crippen LogP contribution < -0.4 is 0 Å². The van der Waals surface area contributed by atoms with Gasteiger partial charge in [-0.05, 0) is 44.2 Å². The van der Waals surface area contributed by atoms with Gasteiger partial charge in [-0.3, -0.25) is 0 Å². The number of para-hydroxylation sites is 2. The van der Waals surface area contributed by atoms with Crippen molar-refractivity contribution in [1.29, 1.82) is 0 Å². The number of thioether (sulfide) groups is 1. The zero-order chi connectivity index (χ0) is 23.0. The number of hydrogen-bond acceptors (Lipinski definition) is 7. The Kier molecular flexibility index (Phi) is 6.09. The van der Waals surface area contributed by atoms with Crippen LogP contribution in [-0.2, 0) is 27.1 Å². The molecule has 3 heterocycles. The molecule has 0 radical (unpaired) electrons. The topological polar surface area (TPSA) is 90.2 Å². The Bertz CT molecular complexity index is 1430. The predicted molar refractivity (Wildman–Crippen MR) is 129 cm³/mol. The van der Waals surface area contributed by atoms with Crippen LogP contribution in [0.2, 0.25) is 0 Å². The second-order valence-electron chi connectivity index (χ2n) is 7.83. The Hall–Kier alpha value is -2.53. The minimum absolute atomic E-state index is 0.271. The molecule has 0 spiro atoms. The van der Waals surface area contributed by atoms with Crippen LogP contribution in [0, 0.1) is 6.92 Å². The molecule has 10 heteroatoms. The highest BCUT2D eigenvalue weighted by atomic mass is 32.2. The van der Waals surface area contributed by atoms with E-state index in [4.69, 9.17) is 14.7 Å². The summed E-state index contributed by atoms with van der Waals surface area (Å²) in [5.41, 5.74) is 4.25. The quantitative estimate of drug-likeness (QED) is 0.387. The molecular formula is C23H25N5O3S2. The highest BCUT2D eigenvalue weighted by Gasteiger charge is 2.27. The molecule has 0 bridgehead atoms. The van der Waals surface area contributed by atoms with E-state index in [2.05, 4.69) is 16.5 Å². The van der Waals surface area contributed by atoms with E-state index in [9.17, 15) is 8.42 Å². The maximum atomic E-state index is 13.1. The molecule has 1 saturated heterocycles. The van der Waals surface area contributed by atoms with Crippen LogP contribution in [-0.4, -0.2) is 58.5 Å². The van der Waals surface area contributed by atoms with E-state index in [0.29, 0.717) is 37.6 Å². The molecular weight excluding hydrogens is 458 g/mol. The van der Waals surface area contributed by atoms with Gasteiger partial charge in [0.1, 0.15) is 10.9 Å². The van der Waals surface area contributed by atoms with Crippen LogP contribution in [0.4, 0.5) is 0 Å². The molecule has 0 atom stereocenters. The Labute approximate surface area is 197 Å². The average Bonchev–Trinajstić information content (AvgIpc) is 3.20. The molecule has 33 heavy (non-hydrogen) atoms. The van der Waals surface area contributed by atoms with Gasteiger partial charge in [0, 0.05) is 19.6 Å². The van der Waals surface area contributed by atoms with Gasteiger partial charge < -0.3 is 9.30 Å². The molecule has 172 valence electrons. The molecule has 4 aromatic rings. The molecule has 0 amide bonds. The molecule has 0 unspecified atom stereocenters. The predicted octanol–water partition coefficient (Wildman–Crippen LogP) is 3.62. The molecule has 1 aliphatic heterocycles. The minimum atomic E-state index is -3.56. The fraction of sp³-hybridized carbons (Fsp3) is 0.348. The van der Waals surface area contributed by atoms with Gasteiger partial charge in [-0.1, -0.05) is 23.9 Å². The number of rotatable bonds is 6. The van der Waals surface area contributed by atoms with Gasteiger partial charge in [-0.25, -0.2) is 23.4 Å². The molecule has 1 fully saturated rings. The number of imidazole rings is 1. The fourth-order valence-electron chi connectivity index (χ4n) is 4.06. The van der Waals surface area contributed by atoms with E-state index in [0.717, 1.165) is 39.6 Å². The summed E-state index contributed by atoms with van der Waals surface area (Å²) >= 11 is 1.59. The molecule has 2 aromatic carbocycles. The largest absolute Gasteiger partial charge is 0.379 e. The molecule has 2 aromatic heterocycles. The van der Waals surface area contributed by atoms with Gasteiger partial charge in [0.15, 0.2) is 0 Å². The zero-order valence-corrected chi connectivity index (χ0v) is 20.2. The Morgan fingerprint density at radius 3 is 2.45 bits per heavy atom. The lowest BCUT2D eigenvalue weighted by Gasteiger charge is -2.26. The van der Waals surface area contributed by atoms with Crippen molar-refractivity contribution in [3.8, 4) is 0 Å². The number of benzene rings is 2. The normalized spacial score (nSPS) is 15.5. The highest BCUT2D eigenvalue weighted by Crippen LogP contribution is 2.28. The minimum Gasteiger partial charge on any atom is -0.379 e. The first-order valence-corrected chi connectivity index (χ1v) is 13.3. The number of fused-ring (bicyclic) bond motifs is 2. The van der Waals surface area contributed by atoms with Gasteiger partial charge in [0.2, 0.25) is 10.0 Å². The van der Waals surface area contributed by atoms with E-state index in [1.54, 1.807) is 23.9 Å². The van der Waals surface area contributed by atoms with Crippen molar-refractivity contribution in [3.05, 3.63) is 54.0 Å². The number of aromatic nitrogens is 4. The first kappa shape index (κ1) is 22.3. The molecule has 8 nitrogen and oxygen atoms in total. The van der Waals surface area contributed by atoms with Crippen molar-refractivity contribution in [2.75, 3.05) is 26.3 Å². The summed E-state index contributed by atoms with van der Waals surface area (Å²) in [4.78, 5) is 14.5. The van der Waals surface area contributed by atoms with Gasteiger partial charge in [-0.2, -0.15) is 4.31 Å². The summed E-state index contributed by atoms with van der Waals surface area (Å²) < 4.78 is 35.0. The second kappa shape index (κ2) is 9.02. The Balaban J connectivity index is 1.44. The van der Waals surface area contributed by atoms with Gasteiger partial charge >= 0.3 is 0 Å². The van der Waals surface area contributed by atoms with E-state index in [1.807, 2.05) is 37.3 Å². The van der Waals surface area contributed by atoms with Crippen LogP contribution in [0.5, 0.6) is 0 Å². The van der Waals surface area contributed by atoms with Crippen molar-refractivity contribution in [3.63, 3.8) is 0 Å². The van der Waals surface area contributed by atoms with Crippen LogP contribution in [0.15, 0.2) is 52.4 Å². The Morgan fingerprint density at radius 1 is 1.00 bits per heavy atom. The van der Waals surface area contributed by atoms with E-state index >= 15 is 0 Å². The third-order valence-electron chi connectivity index (χ3n) is 5.76. The number of sulfonamides is 1. The lowest BCUT2D eigenvalue weighted by atomic mass is 10.3. The van der Waals surface area contributed by atoms with Crippen LogP contribution >= 0.6 is 11.8 Å². The summed E-state index contributed by atoms with van der Waals surface area (Å²) in [6.07, 6.45) is 0. The maximum absolute atomic E-state index is 13.1. The average molecular weight is 484 g/mol. The number of ether oxygens (including phenoxy) is 1. The molecule has 0 saturated carbocycles. The number of morpholine rings is 1. The maximum Gasteiger partial charge on any atom is 0.243 e. The number of nitrogens with zero attached hydrogens (tertiary/aromatic N) is 5. The fourth-order valence-corrected chi connectivity index (χ4v) is 6.39. The van der Waals surface area contributed by atoms with Crippen molar-refractivity contribution in [2.45, 2.75) is 36.1 Å². The third kappa shape index (κ3) is 4.23. The van der Waals surface area contributed by atoms with Crippen molar-refractivity contribution in [2.24, 2.45) is 0 Å². The monoisotopic (exact) mass is 483 g/mol. The summed E-state index contributed by atoms with van der Waals surface area (Å²) in [7, 11) is -3.56. The zero-order valence-electron chi connectivity index (χ0n) is 18.6. The molecule has 1 aliphatic rings. The molecule has 5 rings (SSSR count). The standard InChI is InChI=1S/C23H25N5O3S2/c1-3-28-21-9-8-17(33(29,30)27-10-12-31-13-11-27)14-20(21)25-22(28)15-32-23-16(2)24-18-6-4-5-7-19(18)26-23/h4-9,14H,3,10-13,15H2,1-2H3. The van der Waals surface area contributed by atoms with Crippen molar-refractivity contribution in [1.82, 2.24) is 23.8 Å². The number of hydrogen-bond donors (Lipinski definition) is 0. The second-order valence-corrected chi connectivity index (χ2v) is 10.7. The van der Waals surface area contributed by atoms with Gasteiger partial charge in [0.05, 0.1) is 51.6 Å². The first-order valence-electron chi connectivity index (χ1n) is 10.9. The smallest absolute Gasteiger partial charge is 0.243 e. The first-order chi connectivity index (χ1) is 16.0. The third-order valence-corrected chi connectivity index (χ3v) is 8.72.